The molecule has 2 rings (SSSR count). The van der Waals surface area contributed by atoms with Crippen LogP contribution in [0.4, 0.5) is 5.69 Å². The summed E-state index contributed by atoms with van der Waals surface area (Å²) in [5, 5.41) is 0. The van der Waals surface area contributed by atoms with Crippen molar-refractivity contribution < 1.29 is 0 Å². The van der Waals surface area contributed by atoms with Crippen LogP contribution in [0.2, 0.25) is 0 Å². The molecule has 0 unspecified atom stereocenters. The first kappa shape index (κ1) is 13.3. The number of hydrogen-bond acceptors (Lipinski definition) is 2. The van der Waals surface area contributed by atoms with E-state index in [1.54, 1.807) is 0 Å². The Labute approximate surface area is 115 Å². The van der Waals surface area contributed by atoms with Crippen molar-refractivity contribution in [1.29, 1.82) is 0 Å². The lowest BCUT2D eigenvalue weighted by Gasteiger charge is -2.27. The fourth-order valence-corrected chi connectivity index (χ4v) is 2.47. The van der Waals surface area contributed by atoms with Gasteiger partial charge in [0.25, 0.3) is 0 Å². The topological polar surface area (TPSA) is 29.3 Å². The average molecular weight is 262 g/mol. The van der Waals surface area contributed by atoms with E-state index in [-0.39, 0.29) is 0 Å². The van der Waals surface area contributed by atoms with Crippen LogP contribution in [0.1, 0.15) is 43.7 Å². The van der Waals surface area contributed by atoms with Crippen molar-refractivity contribution in [2.75, 3.05) is 11.4 Å². The van der Waals surface area contributed by atoms with Crippen LogP contribution in [0.3, 0.4) is 0 Å². The maximum atomic E-state index is 5.86. The fourth-order valence-electron chi connectivity index (χ4n) is 2.30. The third-order valence-corrected chi connectivity index (χ3v) is 3.69. The SMILES string of the molecule is CCCCN(c1cc(C)ccc1C(N)=S)C1CC1. The first-order valence-electron chi connectivity index (χ1n) is 6.80. The maximum absolute atomic E-state index is 5.86. The fraction of sp³-hybridized carbons (Fsp3) is 0.533. The molecule has 1 aromatic carbocycles. The molecule has 18 heavy (non-hydrogen) atoms. The molecule has 0 amide bonds. The van der Waals surface area contributed by atoms with Gasteiger partial charge in [-0.3, -0.25) is 0 Å². The lowest BCUT2D eigenvalue weighted by molar-refractivity contribution is 0.712. The van der Waals surface area contributed by atoms with E-state index in [4.69, 9.17) is 18.0 Å². The van der Waals surface area contributed by atoms with Gasteiger partial charge in [0, 0.05) is 23.8 Å². The van der Waals surface area contributed by atoms with E-state index in [1.807, 2.05) is 0 Å². The Kier molecular flexibility index (Phi) is 4.23. The molecular weight excluding hydrogens is 240 g/mol. The Hall–Kier alpha value is -1.09. The van der Waals surface area contributed by atoms with Gasteiger partial charge >= 0.3 is 0 Å². The van der Waals surface area contributed by atoms with Gasteiger partial charge in [-0.25, -0.2) is 0 Å². The van der Waals surface area contributed by atoms with Crippen LogP contribution in [0.5, 0.6) is 0 Å². The largest absolute Gasteiger partial charge is 0.389 e. The van der Waals surface area contributed by atoms with Crippen molar-refractivity contribution in [3.05, 3.63) is 29.3 Å². The van der Waals surface area contributed by atoms with E-state index in [9.17, 15) is 0 Å². The van der Waals surface area contributed by atoms with Gasteiger partial charge in [0.1, 0.15) is 4.99 Å². The number of nitrogens with zero attached hydrogens (tertiary/aromatic N) is 1. The van der Waals surface area contributed by atoms with Crippen molar-refractivity contribution in [2.45, 2.75) is 45.6 Å². The van der Waals surface area contributed by atoms with Crippen LogP contribution in [0.15, 0.2) is 18.2 Å². The molecule has 2 N–H and O–H groups in total. The molecule has 3 heteroatoms. The summed E-state index contributed by atoms with van der Waals surface area (Å²) >= 11 is 5.18. The standard InChI is InChI=1S/C15H22N2S/c1-3-4-9-17(12-6-7-12)14-10-11(2)5-8-13(14)15(16)18/h5,8,10,12H,3-4,6-7,9H2,1-2H3,(H2,16,18). The summed E-state index contributed by atoms with van der Waals surface area (Å²) in [7, 11) is 0. The van der Waals surface area contributed by atoms with Crippen LogP contribution in [-0.2, 0) is 0 Å². The van der Waals surface area contributed by atoms with E-state index in [1.165, 1.54) is 36.9 Å². The van der Waals surface area contributed by atoms with Crippen molar-refractivity contribution in [2.24, 2.45) is 5.73 Å². The summed E-state index contributed by atoms with van der Waals surface area (Å²) in [4.78, 5) is 3.01. The summed E-state index contributed by atoms with van der Waals surface area (Å²) in [6.07, 6.45) is 5.04. The molecule has 0 saturated heterocycles. The Morgan fingerprint density at radius 3 is 2.72 bits per heavy atom. The molecule has 1 aromatic rings. The Morgan fingerprint density at radius 2 is 2.17 bits per heavy atom. The van der Waals surface area contributed by atoms with Gasteiger partial charge in [-0.05, 0) is 43.9 Å². The van der Waals surface area contributed by atoms with Gasteiger partial charge < -0.3 is 10.6 Å². The predicted molar refractivity (Wildman–Crippen MR) is 82.3 cm³/mol. The molecule has 0 heterocycles. The van der Waals surface area contributed by atoms with E-state index >= 15 is 0 Å². The van der Waals surface area contributed by atoms with Crippen LogP contribution >= 0.6 is 12.2 Å². The quantitative estimate of drug-likeness (QED) is 0.797. The molecular formula is C15H22N2S. The molecule has 1 saturated carbocycles. The number of unbranched alkanes of at least 4 members (excludes halogenated alkanes) is 1. The van der Waals surface area contributed by atoms with E-state index in [0.717, 1.165) is 12.1 Å². The molecule has 0 spiro atoms. The number of thiocarbonyl (C=S) groups is 1. The van der Waals surface area contributed by atoms with Crippen LogP contribution < -0.4 is 10.6 Å². The summed E-state index contributed by atoms with van der Waals surface area (Å²) in [5.74, 6) is 0. The summed E-state index contributed by atoms with van der Waals surface area (Å²) in [6.45, 7) is 5.47. The second-order valence-electron chi connectivity index (χ2n) is 5.16. The Balaban J connectivity index is 2.32. The minimum atomic E-state index is 0.507. The number of hydrogen-bond donors (Lipinski definition) is 1. The molecule has 1 fully saturated rings. The van der Waals surface area contributed by atoms with Crippen LogP contribution in [-0.4, -0.2) is 17.6 Å². The molecule has 1 aliphatic rings. The van der Waals surface area contributed by atoms with Gasteiger partial charge in [0.15, 0.2) is 0 Å². The molecule has 2 nitrogen and oxygen atoms in total. The molecule has 0 atom stereocenters. The predicted octanol–water partition coefficient (Wildman–Crippen LogP) is 3.40. The Bertz CT molecular complexity index is 438. The molecule has 1 aliphatic carbocycles. The van der Waals surface area contributed by atoms with Gasteiger partial charge in [-0.1, -0.05) is 31.6 Å². The number of anilines is 1. The normalized spacial score (nSPS) is 14.6. The maximum Gasteiger partial charge on any atom is 0.106 e. The lowest BCUT2D eigenvalue weighted by atomic mass is 10.1. The van der Waals surface area contributed by atoms with Gasteiger partial charge in [-0.2, -0.15) is 0 Å². The smallest absolute Gasteiger partial charge is 0.106 e. The van der Waals surface area contributed by atoms with Gasteiger partial charge in [0.05, 0.1) is 0 Å². The lowest BCUT2D eigenvalue weighted by Crippen LogP contribution is -2.29. The van der Waals surface area contributed by atoms with Crippen molar-refractivity contribution in [1.82, 2.24) is 0 Å². The van der Waals surface area contributed by atoms with E-state index < -0.39 is 0 Å². The van der Waals surface area contributed by atoms with Crippen molar-refractivity contribution in [3.63, 3.8) is 0 Å². The summed E-state index contributed by atoms with van der Waals surface area (Å²) < 4.78 is 0. The monoisotopic (exact) mass is 262 g/mol. The number of benzene rings is 1. The second kappa shape index (κ2) is 5.70. The zero-order chi connectivity index (χ0) is 13.1. The van der Waals surface area contributed by atoms with Crippen LogP contribution in [0, 0.1) is 6.92 Å². The zero-order valence-electron chi connectivity index (χ0n) is 11.3. The highest BCUT2D eigenvalue weighted by atomic mass is 32.1. The second-order valence-corrected chi connectivity index (χ2v) is 5.60. The van der Waals surface area contributed by atoms with Crippen LogP contribution in [0.25, 0.3) is 0 Å². The number of aryl methyl sites for hydroxylation is 1. The number of rotatable bonds is 6. The van der Waals surface area contributed by atoms with Gasteiger partial charge in [-0.15, -0.1) is 0 Å². The molecule has 0 radical (unpaired) electrons. The Morgan fingerprint density at radius 1 is 1.44 bits per heavy atom. The highest BCUT2D eigenvalue weighted by Crippen LogP contribution is 2.34. The van der Waals surface area contributed by atoms with E-state index in [2.05, 4.69) is 36.9 Å². The first-order chi connectivity index (χ1) is 8.63. The third kappa shape index (κ3) is 3.02. The molecule has 0 bridgehead atoms. The molecule has 98 valence electrons. The van der Waals surface area contributed by atoms with Crippen molar-refractivity contribution in [3.8, 4) is 0 Å². The summed E-state index contributed by atoms with van der Waals surface area (Å²) in [5.41, 5.74) is 9.39. The van der Waals surface area contributed by atoms with E-state index in [0.29, 0.717) is 11.0 Å². The van der Waals surface area contributed by atoms with Gasteiger partial charge in [0.2, 0.25) is 0 Å². The number of nitrogens with two attached hydrogens (primary N) is 1. The first-order valence-corrected chi connectivity index (χ1v) is 7.21. The minimum Gasteiger partial charge on any atom is -0.389 e. The average Bonchev–Trinajstić information content (AvgIpc) is 3.13. The highest BCUT2D eigenvalue weighted by Gasteiger charge is 2.30. The van der Waals surface area contributed by atoms with Crippen molar-refractivity contribution >= 4 is 22.9 Å². The molecule has 0 aromatic heterocycles. The third-order valence-electron chi connectivity index (χ3n) is 3.47. The highest BCUT2D eigenvalue weighted by molar-refractivity contribution is 7.80. The molecule has 0 aliphatic heterocycles. The minimum absolute atomic E-state index is 0.507. The summed E-state index contributed by atoms with van der Waals surface area (Å²) in [6, 6.07) is 7.08. The zero-order valence-corrected chi connectivity index (χ0v) is 12.1.